The van der Waals surface area contributed by atoms with E-state index < -0.39 is 0 Å². The average molecular weight is 369 g/mol. The zero-order valence-corrected chi connectivity index (χ0v) is 16.4. The van der Waals surface area contributed by atoms with Gasteiger partial charge in [-0.2, -0.15) is 0 Å². The number of benzene rings is 2. The number of nitrogens with one attached hydrogen (secondary N) is 2. The number of para-hydroxylation sites is 2. The number of hydrogen-bond donors (Lipinski definition) is 3. The summed E-state index contributed by atoms with van der Waals surface area (Å²) in [6.07, 6.45) is 0. The number of quaternary nitrogens is 1. The zero-order valence-electron chi connectivity index (χ0n) is 16.4. The Bertz CT molecular complexity index is 765. The summed E-state index contributed by atoms with van der Waals surface area (Å²) in [6.45, 7) is 9.70. The van der Waals surface area contributed by atoms with E-state index in [-0.39, 0.29) is 11.9 Å². The van der Waals surface area contributed by atoms with Crippen LogP contribution >= 0.6 is 0 Å². The van der Waals surface area contributed by atoms with Gasteiger partial charge in [-0.3, -0.25) is 4.79 Å². The van der Waals surface area contributed by atoms with Gasteiger partial charge < -0.3 is 20.2 Å². The second-order valence-electron chi connectivity index (χ2n) is 7.62. The van der Waals surface area contributed by atoms with Crippen LogP contribution in [0, 0.1) is 0 Å². The van der Waals surface area contributed by atoms with Crippen molar-refractivity contribution in [3.63, 3.8) is 0 Å². The topological polar surface area (TPSA) is 57.0 Å². The van der Waals surface area contributed by atoms with Crippen LogP contribution in [0.15, 0.2) is 48.5 Å². The first-order valence-electron chi connectivity index (χ1n) is 9.74. The van der Waals surface area contributed by atoms with Crippen LogP contribution in [0.2, 0.25) is 0 Å². The van der Waals surface area contributed by atoms with Gasteiger partial charge in [0.15, 0.2) is 6.04 Å². The van der Waals surface area contributed by atoms with Crippen molar-refractivity contribution in [2.75, 3.05) is 36.4 Å². The van der Waals surface area contributed by atoms with E-state index in [1.807, 2.05) is 37.3 Å². The molecule has 3 rings (SSSR count). The summed E-state index contributed by atoms with van der Waals surface area (Å²) in [7, 11) is 0. The van der Waals surface area contributed by atoms with Gasteiger partial charge in [-0.05, 0) is 42.7 Å². The first-order chi connectivity index (χ1) is 13.0. The van der Waals surface area contributed by atoms with E-state index in [0.717, 1.165) is 37.6 Å². The molecule has 1 heterocycles. The fourth-order valence-corrected chi connectivity index (χ4v) is 3.59. The number of nitrogens with zero attached hydrogens (tertiary/aromatic N) is 1. The number of piperazine rings is 1. The monoisotopic (exact) mass is 368 g/mol. The maximum atomic E-state index is 12.7. The van der Waals surface area contributed by atoms with E-state index in [9.17, 15) is 9.90 Å². The fraction of sp³-hybridized carbons (Fsp3) is 0.409. The molecule has 1 fully saturated rings. The first kappa shape index (κ1) is 19.2. The highest BCUT2D eigenvalue weighted by Gasteiger charge is 2.29. The molecule has 0 aromatic heterocycles. The Morgan fingerprint density at radius 2 is 1.67 bits per heavy atom. The number of amides is 1. The van der Waals surface area contributed by atoms with Gasteiger partial charge in [0.05, 0.1) is 31.9 Å². The van der Waals surface area contributed by atoms with Crippen LogP contribution < -0.4 is 15.1 Å². The summed E-state index contributed by atoms with van der Waals surface area (Å²) in [5.41, 5.74) is 2.99. The van der Waals surface area contributed by atoms with E-state index in [0.29, 0.717) is 11.7 Å². The van der Waals surface area contributed by atoms with Crippen LogP contribution in [0.25, 0.3) is 0 Å². The maximum Gasteiger partial charge on any atom is 0.282 e. The highest BCUT2D eigenvalue weighted by atomic mass is 16.3. The number of carbonyl (C=O) groups excluding carboxylic acids is 1. The number of aromatic hydroxyl groups is 1. The normalized spacial score (nSPS) is 16.4. The van der Waals surface area contributed by atoms with Crippen LogP contribution in [0.4, 0.5) is 11.4 Å². The van der Waals surface area contributed by atoms with Crippen molar-refractivity contribution in [3.05, 3.63) is 54.1 Å². The van der Waals surface area contributed by atoms with Crippen LogP contribution in [0.3, 0.4) is 0 Å². The molecule has 144 valence electrons. The van der Waals surface area contributed by atoms with Crippen molar-refractivity contribution in [3.8, 4) is 5.75 Å². The molecule has 5 nitrogen and oxygen atoms in total. The molecule has 27 heavy (non-hydrogen) atoms. The molecule has 0 bridgehead atoms. The predicted octanol–water partition coefficient (Wildman–Crippen LogP) is 2.25. The Hall–Kier alpha value is -2.53. The third kappa shape index (κ3) is 4.61. The zero-order chi connectivity index (χ0) is 19.4. The van der Waals surface area contributed by atoms with Crippen molar-refractivity contribution >= 4 is 17.3 Å². The lowest BCUT2D eigenvalue weighted by Crippen LogP contribution is -3.19. The van der Waals surface area contributed by atoms with E-state index in [4.69, 9.17) is 0 Å². The quantitative estimate of drug-likeness (QED) is 0.759. The summed E-state index contributed by atoms with van der Waals surface area (Å²) < 4.78 is 0. The molecule has 0 unspecified atom stereocenters. The van der Waals surface area contributed by atoms with Crippen molar-refractivity contribution in [1.82, 2.24) is 0 Å². The number of phenolic OH excluding ortho intramolecular Hbond substituents is 1. The molecule has 1 saturated heterocycles. The summed E-state index contributed by atoms with van der Waals surface area (Å²) in [5, 5.41) is 13.1. The summed E-state index contributed by atoms with van der Waals surface area (Å²) >= 11 is 0. The van der Waals surface area contributed by atoms with Crippen LogP contribution in [-0.4, -0.2) is 43.2 Å². The lowest BCUT2D eigenvalue weighted by Gasteiger charge is -2.36. The van der Waals surface area contributed by atoms with Crippen molar-refractivity contribution < 1.29 is 14.8 Å². The molecular weight excluding hydrogens is 338 g/mol. The number of anilines is 2. The molecule has 5 heteroatoms. The first-order valence-corrected chi connectivity index (χ1v) is 9.74. The number of hydrogen-bond acceptors (Lipinski definition) is 3. The SMILES string of the molecule is CC(C)c1ccc(NC(=O)[C@@H](C)[NH+]2CCN(c3ccccc3O)CC2)cc1. The Balaban J connectivity index is 1.54. The van der Waals surface area contributed by atoms with E-state index >= 15 is 0 Å². The molecule has 1 aliphatic heterocycles. The highest BCUT2D eigenvalue weighted by Crippen LogP contribution is 2.26. The minimum Gasteiger partial charge on any atom is -0.506 e. The Labute approximate surface area is 161 Å². The highest BCUT2D eigenvalue weighted by molar-refractivity contribution is 5.93. The van der Waals surface area contributed by atoms with E-state index in [1.54, 1.807) is 6.07 Å². The van der Waals surface area contributed by atoms with Crippen LogP contribution in [-0.2, 0) is 4.79 Å². The Kier molecular flexibility index (Phi) is 6.01. The second-order valence-corrected chi connectivity index (χ2v) is 7.62. The Morgan fingerprint density at radius 1 is 1.04 bits per heavy atom. The van der Waals surface area contributed by atoms with Gasteiger partial charge in [-0.15, -0.1) is 0 Å². The van der Waals surface area contributed by atoms with Crippen LogP contribution in [0.1, 0.15) is 32.3 Å². The number of carbonyl (C=O) groups is 1. The molecule has 0 spiro atoms. The summed E-state index contributed by atoms with van der Waals surface area (Å²) in [4.78, 5) is 16.1. The smallest absolute Gasteiger partial charge is 0.282 e. The van der Waals surface area contributed by atoms with Crippen LogP contribution in [0.5, 0.6) is 5.75 Å². The maximum absolute atomic E-state index is 12.7. The number of phenols is 1. The molecule has 1 amide bonds. The van der Waals surface area contributed by atoms with Gasteiger partial charge in [0.25, 0.3) is 5.91 Å². The largest absolute Gasteiger partial charge is 0.506 e. The van der Waals surface area contributed by atoms with Gasteiger partial charge in [-0.25, -0.2) is 0 Å². The van der Waals surface area contributed by atoms with Crippen molar-refractivity contribution in [1.29, 1.82) is 0 Å². The summed E-state index contributed by atoms with van der Waals surface area (Å²) in [5.74, 6) is 0.855. The van der Waals surface area contributed by atoms with Gasteiger partial charge >= 0.3 is 0 Å². The summed E-state index contributed by atoms with van der Waals surface area (Å²) in [6, 6.07) is 15.4. The van der Waals surface area contributed by atoms with Gasteiger partial charge in [0.2, 0.25) is 0 Å². The van der Waals surface area contributed by atoms with Crippen molar-refractivity contribution in [2.24, 2.45) is 0 Å². The molecule has 0 radical (unpaired) electrons. The molecule has 2 aromatic carbocycles. The molecular formula is C22H30N3O2+. The molecule has 3 N–H and O–H groups in total. The third-order valence-corrected chi connectivity index (χ3v) is 5.48. The minimum absolute atomic E-state index is 0.0540. The second kappa shape index (κ2) is 8.44. The fourth-order valence-electron chi connectivity index (χ4n) is 3.59. The molecule has 2 aromatic rings. The average Bonchev–Trinajstić information content (AvgIpc) is 2.68. The van der Waals surface area contributed by atoms with Gasteiger partial charge in [-0.1, -0.05) is 38.1 Å². The van der Waals surface area contributed by atoms with E-state index in [2.05, 4.69) is 36.2 Å². The Morgan fingerprint density at radius 3 is 2.26 bits per heavy atom. The van der Waals surface area contributed by atoms with Gasteiger partial charge in [0, 0.05) is 5.69 Å². The standard InChI is InChI=1S/C22H29N3O2/c1-16(2)18-8-10-19(11-9-18)23-22(27)17(3)24-12-14-25(15-13-24)20-6-4-5-7-21(20)26/h4-11,16-17,26H,12-15H2,1-3H3,(H,23,27)/p+1/t17-/m1/s1. The predicted molar refractivity (Wildman–Crippen MR) is 110 cm³/mol. The number of rotatable bonds is 5. The molecule has 0 saturated carbocycles. The third-order valence-electron chi connectivity index (χ3n) is 5.48. The van der Waals surface area contributed by atoms with E-state index in [1.165, 1.54) is 10.5 Å². The molecule has 1 atom stereocenters. The lowest BCUT2D eigenvalue weighted by molar-refractivity contribution is -0.914. The molecule has 1 aliphatic rings. The van der Waals surface area contributed by atoms with Crippen molar-refractivity contribution in [2.45, 2.75) is 32.7 Å². The molecule has 0 aliphatic carbocycles. The lowest BCUT2D eigenvalue weighted by atomic mass is 10.0. The minimum atomic E-state index is -0.110. The van der Waals surface area contributed by atoms with Gasteiger partial charge in [0.1, 0.15) is 5.75 Å².